The van der Waals surface area contributed by atoms with Crippen LogP contribution >= 0.6 is 0 Å². The van der Waals surface area contributed by atoms with Crippen LogP contribution < -0.4 is 0 Å². The van der Waals surface area contributed by atoms with E-state index in [2.05, 4.69) is 14.7 Å². The Hall–Kier alpha value is -2.83. The number of hydrogen-bond donors (Lipinski definition) is 1. The molecule has 23 heavy (non-hydrogen) atoms. The minimum atomic E-state index is -4.40. The van der Waals surface area contributed by atoms with Crippen LogP contribution in [0.5, 0.6) is 0 Å². The molecule has 0 bridgehead atoms. The Kier molecular flexibility index (Phi) is 3.55. The molecule has 1 N–H and O–H groups in total. The predicted molar refractivity (Wildman–Crippen MR) is 77.9 cm³/mol. The fourth-order valence-electron chi connectivity index (χ4n) is 2.20. The molecule has 0 aliphatic rings. The van der Waals surface area contributed by atoms with Crippen LogP contribution in [0.25, 0.3) is 22.4 Å². The standard InChI is InChI=1S/C16H11F3N2O2/c1-23-15(22)10-4-2-9(3-5-10)14-20-12-7-6-11(16(17,18)19)8-13(12)21-14/h2-8H,1H3,(H,20,21). The molecular weight excluding hydrogens is 309 g/mol. The summed E-state index contributed by atoms with van der Waals surface area (Å²) in [6, 6.07) is 9.76. The highest BCUT2D eigenvalue weighted by molar-refractivity contribution is 5.90. The zero-order chi connectivity index (χ0) is 16.6. The molecule has 3 rings (SSSR count). The van der Waals surface area contributed by atoms with Crippen LogP contribution in [-0.2, 0) is 10.9 Å². The highest BCUT2D eigenvalue weighted by Gasteiger charge is 2.30. The van der Waals surface area contributed by atoms with E-state index in [9.17, 15) is 18.0 Å². The van der Waals surface area contributed by atoms with Crippen molar-refractivity contribution in [3.63, 3.8) is 0 Å². The number of carbonyl (C=O) groups is 1. The van der Waals surface area contributed by atoms with Gasteiger partial charge in [0.2, 0.25) is 0 Å². The first-order chi connectivity index (χ1) is 10.9. The molecule has 3 aromatic rings. The first-order valence-electron chi connectivity index (χ1n) is 6.64. The molecular formula is C16H11F3N2O2. The van der Waals surface area contributed by atoms with E-state index in [4.69, 9.17) is 0 Å². The van der Waals surface area contributed by atoms with Crippen molar-refractivity contribution in [2.45, 2.75) is 6.18 Å². The highest BCUT2D eigenvalue weighted by Crippen LogP contribution is 2.31. The Bertz CT molecular complexity index is 867. The summed E-state index contributed by atoms with van der Waals surface area (Å²) in [5.74, 6) is -0.0354. The Morgan fingerprint density at radius 2 is 1.83 bits per heavy atom. The number of carbonyl (C=O) groups excluding carboxylic acids is 1. The van der Waals surface area contributed by atoms with Gasteiger partial charge in [0.05, 0.1) is 29.3 Å². The second-order valence-electron chi connectivity index (χ2n) is 4.88. The van der Waals surface area contributed by atoms with Gasteiger partial charge in [-0.3, -0.25) is 0 Å². The normalized spacial score (nSPS) is 11.7. The van der Waals surface area contributed by atoms with Gasteiger partial charge in [0, 0.05) is 5.56 Å². The monoisotopic (exact) mass is 320 g/mol. The van der Waals surface area contributed by atoms with Crippen molar-refractivity contribution in [3.05, 3.63) is 53.6 Å². The van der Waals surface area contributed by atoms with Crippen LogP contribution in [0.4, 0.5) is 13.2 Å². The molecule has 0 unspecified atom stereocenters. The van der Waals surface area contributed by atoms with E-state index in [1.807, 2.05) is 0 Å². The first kappa shape index (κ1) is 15.1. The maximum Gasteiger partial charge on any atom is 0.416 e. The van der Waals surface area contributed by atoms with Gasteiger partial charge in [-0.2, -0.15) is 13.2 Å². The van der Waals surface area contributed by atoms with E-state index in [0.29, 0.717) is 28.0 Å². The zero-order valence-electron chi connectivity index (χ0n) is 11.9. The number of fused-ring (bicyclic) bond motifs is 1. The summed E-state index contributed by atoms with van der Waals surface area (Å²) in [4.78, 5) is 18.5. The maximum absolute atomic E-state index is 12.7. The van der Waals surface area contributed by atoms with Gasteiger partial charge in [-0.25, -0.2) is 9.78 Å². The lowest BCUT2D eigenvalue weighted by atomic mass is 10.1. The van der Waals surface area contributed by atoms with Gasteiger partial charge in [-0.1, -0.05) is 12.1 Å². The number of imidazole rings is 1. The summed E-state index contributed by atoms with van der Waals surface area (Å²) in [6.45, 7) is 0. The number of esters is 1. The minimum absolute atomic E-state index is 0.298. The van der Waals surface area contributed by atoms with Crippen molar-refractivity contribution in [2.75, 3.05) is 7.11 Å². The second kappa shape index (κ2) is 5.42. The molecule has 1 aromatic heterocycles. The number of alkyl halides is 3. The van der Waals surface area contributed by atoms with Crippen LogP contribution in [0.1, 0.15) is 15.9 Å². The first-order valence-corrected chi connectivity index (χ1v) is 6.64. The lowest BCUT2D eigenvalue weighted by Crippen LogP contribution is -2.04. The summed E-state index contributed by atoms with van der Waals surface area (Å²) in [5, 5.41) is 0. The largest absolute Gasteiger partial charge is 0.465 e. The number of aromatic nitrogens is 2. The van der Waals surface area contributed by atoms with E-state index >= 15 is 0 Å². The van der Waals surface area contributed by atoms with Crippen LogP contribution in [0, 0.1) is 0 Å². The maximum atomic E-state index is 12.7. The molecule has 0 aliphatic carbocycles. The van der Waals surface area contributed by atoms with Crippen LogP contribution in [0.2, 0.25) is 0 Å². The third kappa shape index (κ3) is 2.90. The van der Waals surface area contributed by atoms with E-state index in [0.717, 1.165) is 12.1 Å². The zero-order valence-corrected chi connectivity index (χ0v) is 11.9. The predicted octanol–water partition coefficient (Wildman–Crippen LogP) is 4.04. The molecule has 0 fully saturated rings. The van der Waals surface area contributed by atoms with Crippen molar-refractivity contribution < 1.29 is 22.7 Å². The second-order valence-corrected chi connectivity index (χ2v) is 4.88. The number of aromatic amines is 1. The van der Waals surface area contributed by atoms with Crippen molar-refractivity contribution in [1.29, 1.82) is 0 Å². The summed E-state index contributed by atoms with van der Waals surface area (Å²) < 4.78 is 42.8. The molecule has 1 heterocycles. The number of halogens is 3. The molecule has 0 aliphatic heterocycles. The van der Waals surface area contributed by atoms with Gasteiger partial charge in [0.15, 0.2) is 0 Å². The smallest absolute Gasteiger partial charge is 0.416 e. The number of H-pyrrole nitrogens is 1. The van der Waals surface area contributed by atoms with Crippen LogP contribution in [0.3, 0.4) is 0 Å². The molecule has 0 saturated heterocycles. The molecule has 118 valence electrons. The third-order valence-electron chi connectivity index (χ3n) is 3.39. The van der Waals surface area contributed by atoms with E-state index < -0.39 is 17.7 Å². The molecule has 2 aromatic carbocycles. The number of rotatable bonds is 2. The number of nitrogens with one attached hydrogen (secondary N) is 1. The molecule has 0 spiro atoms. The van der Waals surface area contributed by atoms with E-state index in [-0.39, 0.29) is 0 Å². The number of benzene rings is 2. The number of ether oxygens (including phenoxy) is 1. The topological polar surface area (TPSA) is 55.0 Å². The number of methoxy groups -OCH3 is 1. The third-order valence-corrected chi connectivity index (χ3v) is 3.39. The van der Waals surface area contributed by atoms with Gasteiger partial charge in [-0.15, -0.1) is 0 Å². The number of nitrogens with zero attached hydrogens (tertiary/aromatic N) is 1. The Labute approximate surface area is 128 Å². The average molecular weight is 320 g/mol. The van der Waals surface area contributed by atoms with Gasteiger partial charge in [-0.05, 0) is 30.3 Å². The van der Waals surface area contributed by atoms with Gasteiger partial charge in [0.25, 0.3) is 0 Å². The fourth-order valence-corrected chi connectivity index (χ4v) is 2.20. The summed E-state index contributed by atoms with van der Waals surface area (Å²) >= 11 is 0. The average Bonchev–Trinajstić information content (AvgIpc) is 2.96. The van der Waals surface area contributed by atoms with Crippen molar-refractivity contribution in [2.24, 2.45) is 0 Å². The van der Waals surface area contributed by atoms with E-state index in [1.54, 1.807) is 24.3 Å². The molecule has 0 saturated carbocycles. The summed E-state index contributed by atoms with van der Waals surface area (Å²) in [6.07, 6.45) is -4.40. The lowest BCUT2D eigenvalue weighted by Gasteiger charge is -2.05. The van der Waals surface area contributed by atoms with Crippen LogP contribution in [0.15, 0.2) is 42.5 Å². The van der Waals surface area contributed by atoms with Crippen molar-refractivity contribution in [1.82, 2.24) is 9.97 Å². The molecule has 7 heteroatoms. The molecule has 4 nitrogen and oxygen atoms in total. The van der Waals surface area contributed by atoms with Gasteiger partial charge >= 0.3 is 12.1 Å². The van der Waals surface area contributed by atoms with Crippen molar-refractivity contribution in [3.8, 4) is 11.4 Å². The quantitative estimate of drug-likeness (QED) is 0.725. The number of hydrogen-bond acceptors (Lipinski definition) is 3. The Morgan fingerprint density at radius 3 is 2.43 bits per heavy atom. The minimum Gasteiger partial charge on any atom is -0.465 e. The van der Waals surface area contributed by atoms with Gasteiger partial charge in [0.1, 0.15) is 5.82 Å². The Balaban J connectivity index is 1.98. The van der Waals surface area contributed by atoms with Crippen molar-refractivity contribution >= 4 is 17.0 Å². The Morgan fingerprint density at radius 1 is 1.13 bits per heavy atom. The SMILES string of the molecule is COC(=O)c1ccc(-c2nc3ccc(C(F)(F)F)cc3[nH]2)cc1. The summed E-state index contributed by atoms with van der Waals surface area (Å²) in [7, 11) is 1.29. The van der Waals surface area contributed by atoms with E-state index in [1.165, 1.54) is 13.2 Å². The van der Waals surface area contributed by atoms with Crippen LogP contribution in [-0.4, -0.2) is 23.0 Å². The fraction of sp³-hybridized carbons (Fsp3) is 0.125. The molecule has 0 radical (unpaired) electrons. The summed E-state index contributed by atoms with van der Waals surface area (Å²) in [5.41, 5.74) is 1.03. The molecule has 0 amide bonds. The molecule has 0 atom stereocenters. The van der Waals surface area contributed by atoms with Gasteiger partial charge < -0.3 is 9.72 Å². The highest BCUT2D eigenvalue weighted by atomic mass is 19.4. The lowest BCUT2D eigenvalue weighted by molar-refractivity contribution is -0.137.